The molecule has 7 aromatic rings. The largest absolute Gasteiger partial charge is 0.310 e. The van der Waals surface area contributed by atoms with Gasteiger partial charge in [-0.2, -0.15) is 15.8 Å². The zero-order chi connectivity index (χ0) is 35.1. The molecule has 5 aromatic carbocycles. The average Bonchev–Trinajstić information content (AvgIpc) is 3.70. The fourth-order valence-electron chi connectivity index (χ4n) is 7.73. The fraction of sp³-hybridized carbons (Fsp3) is 0.0652. The van der Waals surface area contributed by atoms with E-state index >= 15 is 0 Å². The van der Waals surface area contributed by atoms with E-state index in [-0.39, 0.29) is 0 Å². The van der Waals surface area contributed by atoms with Crippen LogP contribution in [0.15, 0.2) is 134 Å². The van der Waals surface area contributed by atoms with Gasteiger partial charge in [0.25, 0.3) is 0 Å². The van der Waals surface area contributed by atoms with E-state index in [2.05, 4.69) is 88.5 Å². The molecule has 0 bridgehead atoms. The number of rotatable bonds is 6. The Morgan fingerprint density at radius 2 is 1.49 bits per heavy atom. The van der Waals surface area contributed by atoms with Gasteiger partial charge >= 0.3 is 0 Å². The highest BCUT2D eigenvalue weighted by Crippen LogP contribution is 2.42. The molecule has 2 aromatic heterocycles. The monoisotopic (exact) mass is 653 g/mol. The SMILES string of the molecule is C=C/C=C(\C(=C/C)c1cc(-n2c3c(c4cc(C#N)ccc42)CCC=C3)ccc1C#N)c1ccccc1-n1c2ccccc2c2cccc(C#N)c21. The van der Waals surface area contributed by atoms with Gasteiger partial charge in [-0.05, 0) is 97.1 Å². The minimum Gasteiger partial charge on any atom is -0.310 e. The van der Waals surface area contributed by atoms with Gasteiger partial charge in [-0.1, -0.05) is 79.4 Å². The molecule has 0 saturated heterocycles. The summed E-state index contributed by atoms with van der Waals surface area (Å²) in [4.78, 5) is 0. The van der Waals surface area contributed by atoms with Crippen molar-refractivity contribution in [2.75, 3.05) is 0 Å². The number of hydrogen-bond acceptors (Lipinski definition) is 3. The number of allylic oxidation sites excluding steroid dienone is 6. The molecule has 1 aliphatic carbocycles. The molecule has 2 heterocycles. The molecule has 1 aliphatic rings. The first kappa shape index (κ1) is 31.2. The lowest BCUT2D eigenvalue weighted by Gasteiger charge is -2.20. The topological polar surface area (TPSA) is 81.2 Å². The van der Waals surface area contributed by atoms with Crippen LogP contribution in [-0.2, 0) is 6.42 Å². The Morgan fingerprint density at radius 3 is 2.29 bits per heavy atom. The summed E-state index contributed by atoms with van der Waals surface area (Å²) < 4.78 is 4.43. The number of nitriles is 3. The van der Waals surface area contributed by atoms with Crippen molar-refractivity contribution >= 4 is 49.9 Å². The second-order valence-corrected chi connectivity index (χ2v) is 12.5. The number of aromatic nitrogens is 2. The van der Waals surface area contributed by atoms with Crippen molar-refractivity contribution in [1.82, 2.24) is 9.13 Å². The van der Waals surface area contributed by atoms with Crippen LogP contribution in [0.25, 0.3) is 61.3 Å². The van der Waals surface area contributed by atoms with Gasteiger partial charge < -0.3 is 9.13 Å². The normalized spacial score (nSPS) is 12.8. The summed E-state index contributed by atoms with van der Waals surface area (Å²) in [6.07, 6.45) is 12.0. The highest BCUT2D eigenvalue weighted by molar-refractivity contribution is 6.13. The molecule has 0 radical (unpaired) electrons. The number of benzene rings is 5. The van der Waals surface area contributed by atoms with E-state index in [4.69, 9.17) is 0 Å². The van der Waals surface area contributed by atoms with E-state index in [0.717, 1.165) is 84.9 Å². The Hall–Kier alpha value is -7.13. The van der Waals surface area contributed by atoms with Gasteiger partial charge in [0.05, 0.1) is 51.1 Å². The van der Waals surface area contributed by atoms with Crippen molar-refractivity contribution in [3.63, 3.8) is 0 Å². The molecule has 51 heavy (non-hydrogen) atoms. The molecule has 8 rings (SSSR count). The number of aryl methyl sites for hydroxylation is 1. The van der Waals surface area contributed by atoms with Gasteiger partial charge in [0, 0.05) is 38.7 Å². The second kappa shape index (κ2) is 12.7. The standard InChI is InChI=1S/C46H31N5/c1-3-12-35(36-14-5-9-19-43(36)51-44-20-10-6-15-37(44)39-17-11-13-32(29-49)46(39)51)34(4-2)40-26-33(23-22-31(40)28-48)50-42-18-8-7-16-38(42)41-25-30(27-47)21-24-45(41)50/h3-6,8-15,17-26H,1,7,16H2,2H3/b34-4+,35-12+. The molecule has 0 unspecified atom stereocenters. The third-order valence-electron chi connectivity index (χ3n) is 9.86. The maximum absolute atomic E-state index is 10.5. The molecule has 0 fully saturated rings. The lowest BCUT2D eigenvalue weighted by atomic mass is 9.88. The zero-order valence-corrected chi connectivity index (χ0v) is 28.1. The predicted octanol–water partition coefficient (Wildman–Crippen LogP) is 11.0. The third-order valence-corrected chi connectivity index (χ3v) is 9.86. The summed E-state index contributed by atoms with van der Waals surface area (Å²) >= 11 is 0. The van der Waals surface area contributed by atoms with Crippen LogP contribution in [0.3, 0.4) is 0 Å². The summed E-state index contributed by atoms with van der Waals surface area (Å²) in [7, 11) is 0. The minimum atomic E-state index is 0.551. The van der Waals surface area contributed by atoms with Crippen molar-refractivity contribution in [2.24, 2.45) is 0 Å². The molecule has 0 saturated carbocycles. The number of fused-ring (bicyclic) bond motifs is 6. The summed E-state index contributed by atoms with van der Waals surface area (Å²) in [6.45, 7) is 6.10. The first-order valence-corrected chi connectivity index (χ1v) is 16.9. The quantitative estimate of drug-likeness (QED) is 0.167. The smallest absolute Gasteiger partial charge is 0.101 e. The highest BCUT2D eigenvalue weighted by atomic mass is 15.0. The fourth-order valence-corrected chi connectivity index (χ4v) is 7.73. The maximum atomic E-state index is 10.5. The molecule has 0 aliphatic heterocycles. The van der Waals surface area contributed by atoms with E-state index in [9.17, 15) is 15.8 Å². The van der Waals surface area contributed by atoms with Crippen LogP contribution in [0.5, 0.6) is 0 Å². The van der Waals surface area contributed by atoms with Crippen LogP contribution >= 0.6 is 0 Å². The molecule has 0 amide bonds. The van der Waals surface area contributed by atoms with Gasteiger partial charge in [-0.3, -0.25) is 0 Å². The van der Waals surface area contributed by atoms with Crippen molar-refractivity contribution in [1.29, 1.82) is 15.8 Å². The summed E-state index contributed by atoms with van der Waals surface area (Å²) in [5.41, 5.74) is 12.3. The van der Waals surface area contributed by atoms with Crippen molar-refractivity contribution in [3.8, 4) is 29.6 Å². The number of hydrogen-bond donors (Lipinski definition) is 0. The van der Waals surface area contributed by atoms with E-state index in [1.807, 2.05) is 79.7 Å². The first-order chi connectivity index (χ1) is 25.1. The first-order valence-electron chi connectivity index (χ1n) is 16.9. The number of para-hydroxylation sites is 3. The van der Waals surface area contributed by atoms with Crippen LogP contribution in [0.1, 0.15) is 52.4 Å². The van der Waals surface area contributed by atoms with E-state index in [0.29, 0.717) is 16.7 Å². The Balaban J connectivity index is 1.36. The van der Waals surface area contributed by atoms with Gasteiger partial charge in [-0.15, -0.1) is 0 Å². The Morgan fingerprint density at radius 1 is 0.706 bits per heavy atom. The zero-order valence-electron chi connectivity index (χ0n) is 28.1. The Kier molecular flexibility index (Phi) is 7.77. The lowest BCUT2D eigenvalue weighted by Crippen LogP contribution is -2.04. The third kappa shape index (κ3) is 4.90. The van der Waals surface area contributed by atoms with Crippen molar-refractivity contribution < 1.29 is 0 Å². The van der Waals surface area contributed by atoms with Crippen molar-refractivity contribution in [2.45, 2.75) is 19.8 Å². The van der Waals surface area contributed by atoms with Crippen LogP contribution in [0.2, 0.25) is 0 Å². The van der Waals surface area contributed by atoms with E-state index in [1.54, 1.807) is 6.08 Å². The molecule has 0 atom stereocenters. The van der Waals surface area contributed by atoms with E-state index < -0.39 is 0 Å². The van der Waals surface area contributed by atoms with E-state index in [1.165, 1.54) is 5.56 Å². The van der Waals surface area contributed by atoms with Gasteiger partial charge in [0.15, 0.2) is 0 Å². The van der Waals surface area contributed by atoms with Crippen LogP contribution in [0.4, 0.5) is 0 Å². The van der Waals surface area contributed by atoms with Gasteiger partial charge in [0.1, 0.15) is 6.07 Å². The molecule has 0 spiro atoms. The molecular formula is C46H31N5. The van der Waals surface area contributed by atoms with Crippen LogP contribution in [-0.4, -0.2) is 9.13 Å². The predicted molar refractivity (Wildman–Crippen MR) is 207 cm³/mol. The molecule has 0 N–H and O–H groups in total. The number of nitrogens with zero attached hydrogens (tertiary/aromatic N) is 5. The summed E-state index contributed by atoms with van der Waals surface area (Å²) in [6, 6.07) is 41.4. The molecule has 240 valence electrons. The Labute approximate surface area is 296 Å². The summed E-state index contributed by atoms with van der Waals surface area (Å²) in [5, 5.41) is 33.6. The molecular weight excluding hydrogens is 623 g/mol. The minimum absolute atomic E-state index is 0.551. The van der Waals surface area contributed by atoms with Gasteiger partial charge in [-0.25, -0.2) is 0 Å². The Bertz CT molecular complexity index is 2810. The van der Waals surface area contributed by atoms with Gasteiger partial charge in [0.2, 0.25) is 0 Å². The van der Waals surface area contributed by atoms with Crippen molar-refractivity contribution in [3.05, 3.63) is 173 Å². The maximum Gasteiger partial charge on any atom is 0.101 e. The molecule has 5 nitrogen and oxygen atoms in total. The summed E-state index contributed by atoms with van der Waals surface area (Å²) in [5.74, 6) is 0. The van der Waals surface area contributed by atoms with Crippen LogP contribution in [0, 0.1) is 34.0 Å². The molecule has 5 heteroatoms. The lowest BCUT2D eigenvalue weighted by molar-refractivity contribution is 0.967. The second-order valence-electron chi connectivity index (χ2n) is 12.5. The average molecular weight is 654 g/mol. The highest BCUT2D eigenvalue weighted by Gasteiger charge is 2.23. The van der Waals surface area contributed by atoms with Crippen LogP contribution < -0.4 is 0 Å².